The molecule has 1 N–H and O–H groups in total. The van der Waals surface area contributed by atoms with Gasteiger partial charge in [0.15, 0.2) is 11.0 Å². The highest BCUT2D eigenvalue weighted by atomic mass is 32.2. The van der Waals surface area contributed by atoms with Gasteiger partial charge in [0.1, 0.15) is 5.75 Å². The zero-order valence-electron chi connectivity index (χ0n) is 17.6. The van der Waals surface area contributed by atoms with Crippen molar-refractivity contribution < 1.29 is 22.7 Å². The van der Waals surface area contributed by atoms with Gasteiger partial charge in [-0.25, -0.2) is 0 Å². The lowest BCUT2D eigenvalue weighted by atomic mass is 10.2. The lowest BCUT2D eigenvalue weighted by Crippen LogP contribution is -2.26. The monoisotopic (exact) mass is 485 g/mol. The Bertz CT molecular complexity index is 1250. The number of hydrogen-bond donors (Lipinski definition) is 1. The normalized spacial score (nSPS) is 11.3. The number of aromatic nitrogens is 4. The SMILES string of the molecule is O=C(CSc1nnc(-c2cccnc2)n1-c1ccccc1)NCc1ccccc1OC(F)(F)F. The first-order valence-corrected chi connectivity index (χ1v) is 11.0. The van der Waals surface area contributed by atoms with Crippen LogP contribution in [0, 0.1) is 0 Å². The van der Waals surface area contributed by atoms with Crippen LogP contribution < -0.4 is 10.1 Å². The first kappa shape index (κ1) is 23.3. The molecule has 1 amide bonds. The number of hydrogen-bond acceptors (Lipinski definition) is 6. The molecule has 7 nitrogen and oxygen atoms in total. The minimum atomic E-state index is -4.82. The highest BCUT2D eigenvalue weighted by Gasteiger charge is 2.32. The molecule has 2 heterocycles. The first-order chi connectivity index (χ1) is 16.4. The molecule has 0 aliphatic heterocycles. The molecule has 4 aromatic rings. The Morgan fingerprint density at radius 3 is 2.50 bits per heavy atom. The molecule has 0 aliphatic rings. The van der Waals surface area contributed by atoms with Gasteiger partial charge in [-0.3, -0.25) is 14.3 Å². The smallest absolute Gasteiger partial charge is 0.405 e. The Morgan fingerprint density at radius 1 is 1.00 bits per heavy atom. The van der Waals surface area contributed by atoms with Crippen molar-refractivity contribution in [3.8, 4) is 22.8 Å². The van der Waals surface area contributed by atoms with Gasteiger partial charge in [0, 0.05) is 35.8 Å². The second-order valence-corrected chi connectivity index (χ2v) is 7.88. The summed E-state index contributed by atoms with van der Waals surface area (Å²) in [6.45, 7) is -0.113. The molecule has 11 heteroatoms. The molecular formula is C23H18F3N5O2S. The lowest BCUT2D eigenvalue weighted by molar-refractivity contribution is -0.274. The van der Waals surface area contributed by atoms with E-state index in [-0.39, 0.29) is 29.5 Å². The van der Waals surface area contributed by atoms with Gasteiger partial charge in [-0.1, -0.05) is 48.2 Å². The van der Waals surface area contributed by atoms with E-state index in [9.17, 15) is 18.0 Å². The summed E-state index contributed by atoms with van der Waals surface area (Å²) in [4.78, 5) is 16.6. The van der Waals surface area contributed by atoms with E-state index in [1.165, 1.54) is 18.2 Å². The van der Waals surface area contributed by atoms with Crippen LogP contribution in [0.25, 0.3) is 17.1 Å². The summed E-state index contributed by atoms with van der Waals surface area (Å²) < 4.78 is 43.6. The fourth-order valence-corrected chi connectivity index (χ4v) is 3.89. The molecule has 2 aromatic heterocycles. The third-order valence-corrected chi connectivity index (χ3v) is 5.50. The summed E-state index contributed by atoms with van der Waals surface area (Å²) in [5.74, 6) is -0.175. The van der Waals surface area contributed by atoms with E-state index in [0.29, 0.717) is 11.0 Å². The van der Waals surface area contributed by atoms with Crippen molar-refractivity contribution in [2.24, 2.45) is 0 Å². The van der Waals surface area contributed by atoms with Crippen LogP contribution in [0.1, 0.15) is 5.56 Å². The minimum Gasteiger partial charge on any atom is -0.405 e. The number of halogens is 3. The average molecular weight is 485 g/mol. The summed E-state index contributed by atoms with van der Waals surface area (Å²) in [6.07, 6.45) is -1.49. The molecule has 174 valence electrons. The minimum absolute atomic E-state index is 0.0136. The molecule has 0 unspecified atom stereocenters. The third-order valence-electron chi connectivity index (χ3n) is 4.57. The van der Waals surface area contributed by atoms with Crippen LogP contribution >= 0.6 is 11.8 Å². The molecule has 4 rings (SSSR count). The number of alkyl halides is 3. The Morgan fingerprint density at radius 2 is 1.76 bits per heavy atom. The second-order valence-electron chi connectivity index (χ2n) is 6.94. The largest absolute Gasteiger partial charge is 0.573 e. The van der Waals surface area contributed by atoms with Crippen LogP contribution in [0.2, 0.25) is 0 Å². The fraction of sp³-hybridized carbons (Fsp3) is 0.130. The third kappa shape index (κ3) is 5.93. The summed E-state index contributed by atoms with van der Waals surface area (Å²) in [5, 5.41) is 11.6. The second kappa shape index (κ2) is 10.4. The van der Waals surface area contributed by atoms with E-state index in [2.05, 4.69) is 25.2 Å². The van der Waals surface area contributed by atoms with Crippen molar-refractivity contribution in [2.45, 2.75) is 18.1 Å². The number of nitrogens with zero attached hydrogens (tertiary/aromatic N) is 4. The Kier molecular flexibility index (Phi) is 7.12. The first-order valence-electron chi connectivity index (χ1n) is 10.0. The summed E-state index contributed by atoms with van der Waals surface area (Å²) in [7, 11) is 0. The maximum atomic E-state index is 12.6. The highest BCUT2D eigenvalue weighted by molar-refractivity contribution is 7.99. The molecule has 0 bridgehead atoms. The standard InChI is InChI=1S/C23H18F3N5O2S/c24-23(25,26)33-19-11-5-4-7-16(19)14-28-20(32)15-34-22-30-29-21(17-8-6-12-27-13-17)31(22)18-9-2-1-3-10-18/h1-13H,14-15H2,(H,28,32). The van der Waals surface area contributed by atoms with Gasteiger partial charge in [0.25, 0.3) is 0 Å². The van der Waals surface area contributed by atoms with Crippen LogP contribution in [0.4, 0.5) is 13.2 Å². The Balaban J connectivity index is 1.46. The number of pyridine rings is 1. The number of carbonyl (C=O) groups is 1. The van der Waals surface area contributed by atoms with Crippen LogP contribution in [0.3, 0.4) is 0 Å². The van der Waals surface area contributed by atoms with Crippen LogP contribution in [-0.2, 0) is 11.3 Å². The molecule has 0 saturated carbocycles. The fourth-order valence-electron chi connectivity index (χ4n) is 3.10. The Hall–Kier alpha value is -3.86. The maximum Gasteiger partial charge on any atom is 0.573 e. The number of carbonyl (C=O) groups excluding carboxylic acids is 1. The summed E-state index contributed by atoms with van der Waals surface area (Å²) in [6, 6.07) is 18.7. The number of para-hydroxylation sites is 2. The summed E-state index contributed by atoms with van der Waals surface area (Å²) >= 11 is 1.16. The van der Waals surface area contributed by atoms with E-state index in [1.54, 1.807) is 24.5 Å². The molecule has 0 radical (unpaired) electrons. The maximum absolute atomic E-state index is 12.6. The number of thioether (sulfide) groups is 1. The molecule has 0 fully saturated rings. The predicted octanol–water partition coefficient (Wildman–Crippen LogP) is 4.64. The van der Waals surface area contributed by atoms with E-state index >= 15 is 0 Å². The van der Waals surface area contributed by atoms with Gasteiger partial charge in [0.2, 0.25) is 5.91 Å². The molecular weight excluding hydrogens is 467 g/mol. The van der Waals surface area contributed by atoms with Crippen LogP contribution in [-0.4, -0.2) is 37.8 Å². The number of rotatable bonds is 8. The number of ether oxygens (including phenoxy) is 1. The predicted molar refractivity (Wildman–Crippen MR) is 120 cm³/mol. The quantitative estimate of drug-likeness (QED) is 0.367. The van der Waals surface area contributed by atoms with Crippen molar-refractivity contribution in [3.05, 3.63) is 84.7 Å². The van der Waals surface area contributed by atoms with Gasteiger partial charge in [-0.05, 0) is 30.3 Å². The van der Waals surface area contributed by atoms with Gasteiger partial charge < -0.3 is 10.1 Å². The molecule has 34 heavy (non-hydrogen) atoms. The summed E-state index contributed by atoms with van der Waals surface area (Å²) in [5.41, 5.74) is 1.79. The molecule has 0 saturated heterocycles. The van der Waals surface area contributed by atoms with Gasteiger partial charge >= 0.3 is 6.36 Å². The molecule has 0 aliphatic carbocycles. The van der Waals surface area contributed by atoms with Crippen LogP contribution in [0.15, 0.2) is 84.3 Å². The van der Waals surface area contributed by atoms with Crippen molar-refractivity contribution in [3.63, 3.8) is 0 Å². The van der Waals surface area contributed by atoms with Gasteiger partial charge in [-0.2, -0.15) is 0 Å². The van der Waals surface area contributed by atoms with Crippen molar-refractivity contribution in [1.29, 1.82) is 0 Å². The topological polar surface area (TPSA) is 81.9 Å². The van der Waals surface area contributed by atoms with Crippen LogP contribution in [0.5, 0.6) is 5.75 Å². The zero-order valence-corrected chi connectivity index (χ0v) is 18.4. The number of benzene rings is 2. The zero-order chi connectivity index (χ0) is 24.0. The van der Waals surface area contributed by atoms with E-state index in [0.717, 1.165) is 23.0 Å². The van der Waals surface area contributed by atoms with E-state index < -0.39 is 6.36 Å². The molecule has 0 spiro atoms. The van der Waals surface area contributed by atoms with Crippen molar-refractivity contribution in [1.82, 2.24) is 25.1 Å². The lowest BCUT2D eigenvalue weighted by Gasteiger charge is -2.13. The Labute approximate surface area is 197 Å². The highest BCUT2D eigenvalue weighted by Crippen LogP contribution is 2.28. The van der Waals surface area contributed by atoms with Crippen molar-refractivity contribution in [2.75, 3.05) is 5.75 Å². The van der Waals surface area contributed by atoms with E-state index in [1.807, 2.05) is 41.0 Å². The molecule has 2 aromatic carbocycles. The number of amides is 1. The van der Waals surface area contributed by atoms with Crippen molar-refractivity contribution >= 4 is 17.7 Å². The number of nitrogens with one attached hydrogen (secondary N) is 1. The molecule has 0 atom stereocenters. The van der Waals surface area contributed by atoms with E-state index in [4.69, 9.17) is 0 Å². The van der Waals surface area contributed by atoms with Gasteiger partial charge in [0.05, 0.1) is 5.75 Å². The van der Waals surface area contributed by atoms with Gasteiger partial charge in [-0.15, -0.1) is 23.4 Å². The average Bonchev–Trinajstić information content (AvgIpc) is 3.26.